The van der Waals surface area contributed by atoms with Crippen LogP contribution in [0.2, 0.25) is 0 Å². The number of hydrogen-bond donors (Lipinski definition) is 0. The van der Waals surface area contributed by atoms with Crippen molar-refractivity contribution >= 4 is 39.0 Å². The summed E-state index contributed by atoms with van der Waals surface area (Å²) in [5.74, 6) is 1.50. The lowest BCUT2D eigenvalue weighted by molar-refractivity contribution is 0.0794. The molecule has 0 bridgehead atoms. The van der Waals surface area contributed by atoms with E-state index in [0.29, 0.717) is 18.0 Å². The van der Waals surface area contributed by atoms with Gasteiger partial charge in [-0.15, -0.1) is 11.3 Å². The molecule has 2 aliphatic heterocycles. The number of thiophene rings is 1. The van der Waals surface area contributed by atoms with Crippen molar-refractivity contribution in [1.82, 2.24) is 9.21 Å². The Morgan fingerprint density at radius 3 is 2.43 bits per heavy atom. The standard InChI is InChI=1S/C13H18N2O3S3/c16-13(14-4-1-2-5-14)12-11(3-8-20-12)21(17,18)15-6-9-19-10-7-15/h3,8H,1-2,4-7,9-10H2. The molecule has 0 radical (unpaired) electrons. The highest BCUT2D eigenvalue weighted by Crippen LogP contribution is 2.29. The van der Waals surface area contributed by atoms with Gasteiger partial charge < -0.3 is 4.90 Å². The molecule has 0 aromatic carbocycles. The number of likely N-dealkylation sites (tertiary alicyclic amines) is 1. The number of carbonyl (C=O) groups excluding carboxylic acids is 1. The van der Waals surface area contributed by atoms with Gasteiger partial charge in [-0.3, -0.25) is 4.79 Å². The van der Waals surface area contributed by atoms with Crippen molar-refractivity contribution in [3.63, 3.8) is 0 Å². The SMILES string of the molecule is O=C(c1sccc1S(=O)(=O)N1CCSCC1)N1CCCC1. The maximum absolute atomic E-state index is 12.7. The summed E-state index contributed by atoms with van der Waals surface area (Å²) in [5.41, 5.74) is 0. The van der Waals surface area contributed by atoms with Gasteiger partial charge in [0.15, 0.2) is 0 Å². The fraction of sp³-hybridized carbons (Fsp3) is 0.615. The molecule has 5 nitrogen and oxygen atoms in total. The molecule has 0 spiro atoms. The van der Waals surface area contributed by atoms with Gasteiger partial charge >= 0.3 is 0 Å². The Morgan fingerprint density at radius 2 is 1.76 bits per heavy atom. The summed E-state index contributed by atoms with van der Waals surface area (Å²) in [6.45, 7) is 2.52. The zero-order valence-corrected chi connectivity index (χ0v) is 14.1. The monoisotopic (exact) mass is 346 g/mol. The highest BCUT2D eigenvalue weighted by atomic mass is 32.2. The number of carbonyl (C=O) groups is 1. The van der Waals surface area contributed by atoms with Gasteiger partial charge in [-0.05, 0) is 24.3 Å². The maximum Gasteiger partial charge on any atom is 0.265 e. The number of thioether (sulfide) groups is 1. The van der Waals surface area contributed by atoms with Crippen molar-refractivity contribution in [1.29, 1.82) is 0 Å². The lowest BCUT2D eigenvalue weighted by atomic mass is 10.4. The molecule has 3 heterocycles. The van der Waals surface area contributed by atoms with Gasteiger partial charge in [-0.1, -0.05) is 0 Å². The molecule has 0 atom stereocenters. The average molecular weight is 346 g/mol. The maximum atomic E-state index is 12.7. The van der Waals surface area contributed by atoms with Gasteiger partial charge in [-0.25, -0.2) is 8.42 Å². The van der Waals surface area contributed by atoms with Crippen LogP contribution in [0.4, 0.5) is 0 Å². The van der Waals surface area contributed by atoms with E-state index in [1.165, 1.54) is 15.6 Å². The van der Waals surface area contributed by atoms with E-state index in [-0.39, 0.29) is 10.8 Å². The molecule has 0 aliphatic carbocycles. The van der Waals surface area contributed by atoms with E-state index in [0.717, 1.165) is 37.4 Å². The minimum Gasteiger partial charge on any atom is -0.338 e. The van der Waals surface area contributed by atoms with Gasteiger partial charge in [0, 0.05) is 37.7 Å². The quantitative estimate of drug-likeness (QED) is 0.836. The first-order valence-electron chi connectivity index (χ1n) is 7.05. The molecule has 21 heavy (non-hydrogen) atoms. The largest absolute Gasteiger partial charge is 0.338 e. The second-order valence-electron chi connectivity index (χ2n) is 5.13. The summed E-state index contributed by atoms with van der Waals surface area (Å²) in [6, 6.07) is 1.57. The van der Waals surface area contributed by atoms with E-state index in [1.54, 1.807) is 28.1 Å². The van der Waals surface area contributed by atoms with Crippen LogP contribution in [-0.2, 0) is 10.0 Å². The summed E-state index contributed by atoms with van der Waals surface area (Å²) in [7, 11) is -3.54. The minimum atomic E-state index is -3.54. The molecule has 2 fully saturated rings. The average Bonchev–Trinajstić information content (AvgIpc) is 3.19. The Bertz CT molecular complexity index is 614. The van der Waals surface area contributed by atoms with Crippen LogP contribution in [0.3, 0.4) is 0 Å². The normalized spacial score (nSPS) is 20.9. The van der Waals surface area contributed by atoms with E-state index in [4.69, 9.17) is 0 Å². The van der Waals surface area contributed by atoms with Gasteiger partial charge in [-0.2, -0.15) is 16.1 Å². The molecule has 8 heteroatoms. The number of amides is 1. The van der Waals surface area contributed by atoms with Crippen molar-refractivity contribution in [3.8, 4) is 0 Å². The predicted octanol–water partition coefficient (Wildman–Crippen LogP) is 1.72. The molecule has 3 rings (SSSR count). The predicted molar refractivity (Wildman–Crippen MR) is 85.5 cm³/mol. The number of sulfonamides is 1. The molecule has 1 aromatic heterocycles. The summed E-state index contributed by atoms with van der Waals surface area (Å²) in [5, 5.41) is 1.70. The number of hydrogen-bond acceptors (Lipinski definition) is 5. The lowest BCUT2D eigenvalue weighted by Crippen LogP contribution is -2.38. The first-order chi connectivity index (χ1) is 10.1. The smallest absolute Gasteiger partial charge is 0.265 e. The fourth-order valence-corrected chi connectivity index (χ4v) is 6.58. The molecule has 1 aromatic rings. The van der Waals surface area contributed by atoms with Crippen LogP contribution in [0.5, 0.6) is 0 Å². The molecule has 0 N–H and O–H groups in total. The van der Waals surface area contributed by atoms with Gasteiger partial charge in [0.25, 0.3) is 5.91 Å². The van der Waals surface area contributed by atoms with Gasteiger partial charge in [0.2, 0.25) is 10.0 Å². The Labute approximate surface area is 133 Å². The van der Waals surface area contributed by atoms with Crippen molar-refractivity contribution in [3.05, 3.63) is 16.3 Å². The Hall–Kier alpha value is -0.570. The number of nitrogens with zero attached hydrogens (tertiary/aromatic N) is 2. The van der Waals surface area contributed by atoms with Crippen molar-refractivity contribution in [2.24, 2.45) is 0 Å². The van der Waals surface area contributed by atoms with Crippen LogP contribution >= 0.6 is 23.1 Å². The summed E-state index contributed by atoms with van der Waals surface area (Å²) in [6.07, 6.45) is 2.01. The zero-order valence-electron chi connectivity index (χ0n) is 11.7. The summed E-state index contributed by atoms with van der Waals surface area (Å²) < 4.78 is 27.0. The van der Waals surface area contributed by atoms with Crippen LogP contribution in [0.25, 0.3) is 0 Å². The van der Waals surface area contributed by atoms with Crippen LogP contribution in [-0.4, -0.2) is 61.2 Å². The third-order valence-corrected chi connectivity index (χ3v) is 7.72. The third kappa shape index (κ3) is 2.99. The van der Waals surface area contributed by atoms with E-state index >= 15 is 0 Å². The molecule has 2 saturated heterocycles. The van der Waals surface area contributed by atoms with E-state index in [9.17, 15) is 13.2 Å². The second kappa shape index (κ2) is 6.28. The highest BCUT2D eigenvalue weighted by molar-refractivity contribution is 7.99. The van der Waals surface area contributed by atoms with Crippen LogP contribution in [0.15, 0.2) is 16.3 Å². The van der Waals surface area contributed by atoms with E-state index in [1.807, 2.05) is 0 Å². The Kier molecular flexibility index (Phi) is 4.58. The van der Waals surface area contributed by atoms with Gasteiger partial charge in [0.05, 0.1) is 0 Å². The number of rotatable bonds is 3. The molecular formula is C13H18N2O3S3. The Morgan fingerprint density at radius 1 is 1.10 bits per heavy atom. The summed E-state index contributed by atoms with van der Waals surface area (Å²) >= 11 is 3.00. The second-order valence-corrected chi connectivity index (χ2v) is 9.18. The third-order valence-electron chi connectivity index (χ3n) is 3.80. The van der Waals surface area contributed by atoms with Crippen LogP contribution < -0.4 is 0 Å². The van der Waals surface area contributed by atoms with Crippen LogP contribution in [0, 0.1) is 0 Å². The van der Waals surface area contributed by atoms with Crippen molar-refractivity contribution in [2.45, 2.75) is 17.7 Å². The first-order valence-corrected chi connectivity index (χ1v) is 10.5. The van der Waals surface area contributed by atoms with Crippen molar-refractivity contribution in [2.75, 3.05) is 37.7 Å². The van der Waals surface area contributed by atoms with Crippen molar-refractivity contribution < 1.29 is 13.2 Å². The fourth-order valence-electron chi connectivity index (χ4n) is 2.65. The van der Waals surface area contributed by atoms with Gasteiger partial charge in [0.1, 0.15) is 9.77 Å². The molecular weight excluding hydrogens is 328 g/mol. The first kappa shape index (κ1) is 15.3. The van der Waals surface area contributed by atoms with E-state index < -0.39 is 10.0 Å². The topological polar surface area (TPSA) is 57.7 Å². The highest BCUT2D eigenvalue weighted by Gasteiger charge is 2.33. The zero-order chi connectivity index (χ0) is 14.9. The lowest BCUT2D eigenvalue weighted by Gasteiger charge is -2.26. The molecule has 0 unspecified atom stereocenters. The minimum absolute atomic E-state index is 0.132. The Balaban J connectivity index is 1.88. The van der Waals surface area contributed by atoms with E-state index in [2.05, 4.69) is 0 Å². The van der Waals surface area contributed by atoms with Crippen LogP contribution in [0.1, 0.15) is 22.5 Å². The molecule has 1 amide bonds. The molecule has 0 saturated carbocycles. The summed E-state index contributed by atoms with van der Waals surface area (Å²) in [4.78, 5) is 14.8. The molecule has 116 valence electrons. The molecule has 2 aliphatic rings.